The summed E-state index contributed by atoms with van der Waals surface area (Å²) in [5.41, 5.74) is 6.03. The minimum atomic E-state index is -1.22. The van der Waals surface area contributed by atoms with Crippen molar-refractivity contribution in [1.29, 1.82) is 0 Å². The summed E-state index contributed by atoms with van der Waals surface area (Å²) in [7, 11) is 0. The van der Waals surface area contributed by atoms with Gasteiger partial charge in [0.05, 0.1) is 6.54 Å². The number of nitrogens with one attached hydrogen (secondary N) is 1. The molecule has 1 aliphatic heterocycles. The van der Waals surface area contributed by atoms with Gasteiger partial charge in [0.15, 0.2) is 0 Å². The number of hydrogen-bond donors (Lipinski definition) is 1. The van der Waals surface area contributed by atoms with Gasteiger partial charge in [-0.05, 0) is 5.56 Å². The summed E-state index contributed by atoms with van der Waals surface area (Å²) in [5.74, 6) is 0.0402. The van der Waals surface area contributed by atoms with Gasteiger partial charge in [-0.15, -0.1) is 5.75 Å². The van der Waals surface area contributed by atoms with E-state index >= 15 is 0 Å². The summed E-state index contributed by atoms with van der Waals surface area (Å²) in [5, 5.41) is 14.7. The van der Waals surface area contributed by atoms with E-state index in [1.54, 1.807) is 24.4 Å². The Morgan fingerprint density at radius 3 is 1.42 bits per heavy atom. The zero-order valence-corrected chi connectivity index (χ0v) is 25.4. The summed E-state index contributed by atoms with van der Waals surface area (Å²) in [6, 6.07) is 50.5. The minimum Gasteiger partial charge on any atom is -0.872 e. The number of benzene rings is 5. The smallest absolute Gasteiger partial charge is 0.872 e. The Labute approximate surface area is 266 Å². The molecule has 0 radical (unpaired) electrons. The molecule has 6 heteroatoms. The molecule has 220 valence electrons. The van der Waals surface area contributed by atoms with E-state index in [4.69, 9.17) is 0 Å². The van der Waals surface area contributed by atoms with Crippen LogP contribution >= 0.6 is 0 Å². The molecule has 1 N–H and O–H groups in total. The first-order valence-corrected chi connectivity index (χ1v) is 14.8. The number of rotatable bonds is 8. The third-order valence-corrected chi connectivity index (χ3v) is 8.10. The first-order chi connectivity index (χ1) is 20.8. The molecule has 1 heterocycles. The maximum atomic E-state index is 11.4. The van der Waals surface area contributed by atoms with E-state index in [0.717, 1.165) is 39.3 Å². The van der Waals surface area contributed by atoms with Crippen LogP contribution in [0.4, 0.5) is 0 Å². The molecule has 1 fully saturated rings. The zero-order chi connectivity index (χ0) is 28.9. The van der Waals surface area contributed by atoms with Gasteiger partial charge in [-0.2, -0.15) is 21.9 Å². The van der Waals surface area contributed by atoms with Gasteiger partial charge in [0.25, 0.3) is 0 Å². The Hall–Kier alpha value is -3.95. The van der Waals surface area contributed by atoms with Crippen LogP contribution in [0.5, 0.6) is 5.75 Å². The van der Waals surface area contributed by atoms with Crippen molar-refractivity contribution >= 4 is 34.2 Å². The van der Waals surface area contributed by atoms with E-state index in [-0.39, 0.29) is 22.2 Å². The van der Waals surface area contributed by atoms with Crippen LogP contribution in [0.25, 0.3) is 0 Å². The van der Waals surface area contributed by atoms with Crippen molar-refractivity contribution in [3.05, 3.63) is 151 Å². The molecule has 0 spiro atoms. The van der Waals surface area contributed by atoms with Gasteiger partial charge >= 0.3 is 16.5 Å². The molecule has 0 amide bonds. The molecule has 0 aromatic heterocycles. The van der Waals surface area contributed by atoms with Crippen LogP contribution in [0.15, 0.2) is 151 Å². The van der Waals surface area contributed by atoms with Crippen molar-refractivity contribution < 1.29 is 21.6 Å². The summed E-state index contributed by atoms with van der Waals surface area (Å²) < 4.78 is 0. The zero-order valence-electron chi connectivity index (χ0n) is 24.4. The summed E-state index contributed by atoms with van der Waals surface area (Å²) in [6.45, 7) is 6.04. The van der Waals surface area contributed by atoms with Crippen molar-refractivity contribution in [1.82, 2.24) is 10.2 Å². The first kappa shape index (κ1) is 32.0. The fourth-order valence-electron chi connectivity index (χ4n) is 6.01. The molecular formula is C37H38BN3NiO. The van der Waals surface area contributed by atoms with Crippen LogP contribution in [-0.4, -0.2) is 56.5 Å². The van der Waals surface area contributed by atoms with Gasteiger partial charge < -0.3 is 10.4 Å². The van der Waals surface area contributed by atoms with Crippen molar-refractivity contribution in [2.75, 3.05) is 39.3 Å². The molecule has 0 unspecified atom stereocenters. The average molecular weight is 610 g/mol. The maximum absolute atomic E-state index is 11.4. The van der Waals surface area contributed by atoms with Crippen molar-refractivity contribution in [3.8, 4) is 5.75 Å². The van der Waals surface area contributed by atoms with Crippen molar-refractivity contribution in [3.63, 3.8) is 0 Å². The molecule has 0 bridgehead atoms. The quantitative estimate of drug-likeness (QED) is 0.217. The Bertz CT molecular complexity index is 1350. The normalized spacial score (nSPS) is 13.5. The Balaban J connectivity index is 0.000000207. The number of piperazine rings is 1. The molecule has 0 saturated carbocycles. The molecule has 1 aliphatic rings. The van der Waals surface area contributed by atoms with Crippen molar-refractivity contribution in [2.24, 2.45) is 4.99 Å². The molecule has 0 aliphatic carbocycles. The molecule has 5 aromatic carbocycles. The van der Waals surface area contributed by atoms with Crippen LogP contribution in [0.2, 0.25) is 0 Å². The first-order valence-electron chi connectivity index (χ1n) is 14.8. The SMILES string of the molecule is [Ni+2].[O-]c1ccccc1C=NCCN1CCNCC1.c1ccc([B-](c2ccccc2)(c2ccccc2)c2ccccc2)cc1. The molecule has 5 aromatic rings. The molecule has 6 rings (SSSR count). The van der Waals surface area contributed by atoms with Crippen LogP contribution in [-0.2, 0) is 16.5 Å². The van der Waals surface area contributed by atoms with E-state index in [2.05, 4.69) is 137 Å². The predicted octanol–water partition coefficient (Wildman–Crippen LogP) is 3.15. The molecule has 1 saturated heterocycles. The van der Waals surface area contributed by atoms with Gasteiger partial charge in [0.2, 0.25) is 0 Å². The number of nitrogens with zero attached hydrogens (tertiary/aromatic N) is 2. The third-order valence-electron chi connectivity index (χ3n) is 8.10. The van der Waals surface area contributed by atoms with E-state index in [1.807, 2.05) is 6.07 Å². The topological polar surface area (TPSA) is 50.7 Å². The van der Waals surface area contributed by atoms with Crippen LogP contribution in [0.3, 0.4) is 0 Å². The number of aliphatic imine (C=N–C) groups is 1. The maximum Gasteiger partial charge on any atom is 2.00 e. The third kappa shape index (κ3) is 8.12. The van der Waals surface area contributed by atoms with Crippen LogP contribution in [0, 0.1) is 0 Å². The van der Waals surface area contributed by atoms with E-state index in [1.165, 1.54) is 21.9 Å². The minimum absolute atomic E-state index is 0. The summed E-state index contributed by atoms with van der Waals surface area (Å²) >= 11 is 0. The Morgan fingerprint density at radius 2 is 1.00 bits per heavy atom. The monoisotopic (exact) mass is 609 g/mol. The Morgan fingerprint density at radius 1 is 0.605 bits per heavy atom. The van der Waals surface area contributed by atoms with E-state index in [0.29, 0.717) is 5.56 Å². The second kappa shape index (κ2) is 16.6. The predicted molar refractivity (Wildman–Crippen MR) is 178 cm³/mol. The number of hydrogen-bond acceptors (Lipinski definition) is 4. The largest absolute Gasteiger partial charge is 2.00 e. The molecule has 4 nitrogen and oxygen atoms in total. The fourth-order valence-corrected chi connectivity index (χ4v) is 6.01. The average Bonchev–Trinajstić information content (AvgIpc) is 3.07. The standard InChI is InChI=1S/C24H20B.C13H19N3O.Ni/c1-5-13-21(14-6-1)25(22-15-7-2-8-16-22,23-17-9-3-10-18-23)24-19-11-4-12-20-24;17-13-4-2-1-3-12(13)11-15-7-10-16-8-5-14-6-9-16;/h1-20H;1-4,11,14,17H,5-10H2;/q-1;;+2/p-1. The van der Waals surface area contributed by atoms with Crippen LogP contribution < -0.4 is 32.3 Å². The second-order valence-electron chi connectivity index (χ2n) is 10.7. The van der Waals surface area contributed by atoms with E-state index < -0.39 is 6.15 Å². The van der Waals surface area contributed by atoms with Gasteiger partial charge in [-0.3, -0.25) is 9.89 Å². The molecular weight excluding hydrogens is 572 g/mol. The van der Waals surface area contributed by atoms with Gasteiger partial charge in [-0.25, -0.2) is 0 Å². The van der Waals surface area contributed by atoms with Gasteiger partial charge in [-0.1, -0.05) is 146 Å². The van der Waals surface area contributed by atoms with Gasteiger partial charge in [0, 0.05) is 38.9 Å². The molecule has 0 atom stereocenters. The summed E-state index contributed by atoms with van der Waals surface area (Å²) in [6.07, 6.45) is 0.469. The fraction of sp³-hybridized carbons (Fsp3) is 0.162. The second-order valence-corrected chi connectivity index (χ2v) is 10.7. The van der Waals surface area contributed by atoms with E-state index in [9.17, 15) is 5.11 Å². The van der Waals surface area contributed by atoms with Crippen molar-refractivity contribution in [2.45, 2.75) is 0 Å². The molecule has 43 heavy (non-hydrogen) atoms. The van der Waals surface area contributed by atoms with Gasteiger partial charge in [0.1, 0.15) is 6.15 Å². The Kier molecular flexibility index (Phi) is 12.4. The summed E-state index contributed by atoms with van der Waals surface area (Å²) in [4.78, 5) is 6.70. The van der Waals surface area contributed by atoms with Crippen LogP contribution in [0.1, 0.15) is 5.56 Å². The number of para-hydroxylation sites is 1.